The molecular formula is C13H17BrN2OS. The fourth-order valence-electron chi connectivity index (χ4n) is 2.94. The summed E-state index contributed by atoms with van der Waals surface area (Å²) in [6.07, 6.45) is 3.42. The molecule has 1 aromatic heterocycles. The van der Waals surface area contributed by atoms with Crippen LogP contribution >= 0.6 is 27.3 Å². The molecule has 1 aromatic rings. The van der Waals surface area contributed by atoms with Crippen LogP contribution in [0.3, 0.4) is 0 Å². The van der Waals surface area contributed by atoms with Gasteiger partial charge in [-0.3, -0.25) is 4.79 Å². The van der Waals surface area contributed by atoms with Crippen molar-refractivity contribution in [2.24, 2.45) is 11.3 Å². The largest absolute Gasteiger partial charge is 0.351 e. The number of amides is 1. The van der Waals surface area contributed by atoms with E-state index in [4.69, 9.17) is 0 Å². The van der Waals surface area contributed by atoms with E-state index in [2.05, 4.69) is 32.6 Å². The van der Waals surface area contributed by atoms with Crippen LogP contribution in [0.4, 0.5) is 0 Å². The lowest BCUT2D eigenvalue weighted by Crippen LogP contribution is -2.33. The van der Waals surface area contributed by atoms with Crippen LogP contribution in [0.15, 0.2) is 15.9 Å². The van der Waals surface area contributed by atoms with Gasteiger partial charge in [0.1, 0.15) is 0 Å². The molecule has 2 fully saturated rings. The lowest BCUT2D eigenvalue weighted by atomic mass is 9.92. The third-order valence-corrected chi connectivity index (χ3v) is 5.79. The van der Waals surface area contributed by atoms with E-state index < -0.39 is 0 Å². The maximum absolute atomic E-state index is 12.1. The zero-order chi connectivity index (χ0) is 12.6. The zero-order valence-electron chi connectivity index (χ0n) is 10.2. The molecule has 1 saturated carbocycles. The summed E-state index contributed by atoms with van der Waals surface area (Å²) in [6, 6.07) is 4.08. The fraction of sp³-hybridized carbons (Fsp3) is 0.615. The summed E-state index contributed by atoms with van der Waals surface area (Å²) in [5.41, 5.74) is 0.339. The Bertz CT molecular complexity index is 454. The highest BCUT2D eigenvalue weighted by atomic mass is 79.9. The number of carbonyl (C=O) groups is 1. The van der Waals surface area contributed by atoms with Crippen LogP contribution in [0.5, 0.6) is 0 Å². The molecule has 3 nitrogen and oxygen atoms in total. The van der Waals surface area contributed by atoms with Crippen molar-refractivity contribution in [3.8, 4) is 0 Å². The van der Waals surface area contributed by atoms with Crippen LogP contribution in [0, 0.1) is 11.3 Å². The second-order valence-corrected chi connectivity index (χ2v) is 7.84. The van der Waals surface area contributed by atoms with Gasteiger partial charge in [0.05, 0.1) is 10.3 Å². The van der Waals surface area contributed by atoms with Crippen LogP contribution in [-0.4, -0.2) is 19.0 Å². The zero-order valence-corrected chi connectivity index (χ0v) is 12.6. The van der Waals surface area contributed by atoms with E-state index in [1.54, 1.807) is 11.3 Å². The molecule has 1 spiro atoms. The number of hydrogen-bond acceptors (Lipinski definition) is 3. The highest BCUT2D eigenvalue weighted by molar-refractivity contribution is 9.11. The van der Waals surface area contributed by atoms with Gasteiger partial charge in [0.15, 0.2) is 0 Å². The first-order chi connectivity index (χ1) is 8.70. The molecule has 0 radical (unpaired) electrons. The Labute approximate surface area is 119 Å². The molecule has 5 heteroatoms. The van der Waals surface area contributed by atoms with Crippen molar-refractivity contribution in [1.29, 1.82) is 0 Å². The summed E-state index contributed by atoms with van der Waals surface area (Å²) in [4.78, 5) is 13.3. The summed E-state index contributed by atoms with van der Waals surface area (Å²) in [5, 5.41) is 6.44. The molecule has 1 unspecified atom stereocenters. The number of carbonyl (C=O) groups excluding carboxylic acids is 1. The molecule has 2 heterocycles. The predicted octanol–water partition coefficient (Wildman–Crippen LogP) is 2.52. The standard InChI is InChI=1S/C13H17BrN2OS/c14-11-2-1-9(18-11)8-16-12(17)10-7-13(10)3-5-15-6-4-13/h1-2,10,15H,3-8H2,(H,16,17). The van der Waals surface area contributed by atoms with Gasteiger partial charge >= 0.3 is 0 Å². The number of piperidine rings is 1. The summed E-state index contributed by atoms with van der Waals surface area (Å²) in [5.74, 6) is 0.518. The first-order valence-electron chi connectivity index (χ1n) is 6.42. The molecular weight excluding hydrogens is 312 g/mol. The van der Waals surface area contributed by atoms with Crippen molar-refractivity contribution in [3.63, 3.8) is 0 Å². The van der Waals surface area contributed by atoms with E-state index in [9.17, 15) is 4.79 Å². The Morgan fingerprint density at radius 3 is 2.94 bits per heavy atom. The predicted molar refractivity (Wildman–Crippen MR) is 76.5 cm³/mol. The van der Waals surface area contributed by atoms with Crippen LogP contribution in [0.1, 0.15) is 24.1 Å². The summed E-state index contributed by atoms with van der Waals surface area (Å²) >= 11 is 5.12. The maximum Gasteiger partial charge on any atom is 0.223 e. The molecule has 1 aliphatic heterocycles. The smallest absolute Gasteiger partial charge is 0.223 e. The van der Waals surface area contributed by atoms with Crippen LogP contribution in [0.25, 0.3) is 0 Å². The van der Waals surface area contributed by atoms with Crippen LogP contribution in [0.2, 0.25) is 0 Å². The molecule has 0 aromatic carbocycles. The Morgan fingerprint density at radius 1 is 1.50 bits per heavy atom. The van der Waals surface area contributed by atoms with Gasteiger partial charge in [-0.2, -0.15) is 0 Å². The Balaban J connectivity index is 1.51. The normalized spacial score (nSPS) is 25.1. The minimum Gasteiger partial charge on any atom is -0.351 e. The first-order valence-corrected chi connectivity index (χ1v) is 8.03. The Hall–Kier alpha value is -0.390. The molecule has 0 bridgehead atoms. The van der Waals surface area contributed by atoms with E-state index >= 15 is 0 Å². The number of thiophene rings is 1. The van der Waals surface area contributed by atoms with Gasteiger partial charge in [-0.1, -0.05) is 0 Å². The molecule has 98 valence electrons. The highest BCUT2D eigenvalue weighted by Crippen LogP contribution is 2.58. The topological polar surface area (TPSA) is 41.1 Å². The molecule has 1 amide bonds. The van der Waals surface area contributed by atoms with Gasteiger partial charge in [-0.05, 0) is 65.8 Å². The van der Waals surface area contributed by atoms with E-state index in [1.807, 2.05) is 6.07 Å². The number of rotatable bonds is 3. The van der Waals surface area contributed by atoms with Crippen LogP contribution < -0.4 is 10.6 Å². The van der Waals surface area contributed by atoms with Crippen molar-refractivity contribution < 1.29 is 4.79 Å². The molecule has 3 rings (SSSR count). The minimum atomic E-state index is 0.251. The first kappa shape index (κ1) is 12.6. The summed E-state index contributed by atoms with van der Waals surface area (Å²) in [6.45, 7) is 2.81. The number of hydrogen-bond donors (Lipinski definition) is 2. The molecule has 1 atom stereocenters. The van der Waals surface area contributed by atoms with Crippen LogP contribution in [-0.2, 0) is 11.3 Å². The second-order valence-electron chi connectivity index (χ2n) is 5.29. The van der Waals surface area contributed by atoms with Crippen molar-refractivity contribution in [2.75, 3.05) is 13.1 Å². The SMILES string of the molecule is O=C(NCc1ccc(Br)s1)C1CC12CCNCC2. The van der Waals surface area contributed by atoms with E-state index in [0.29, 0.717) is 12.0 Å². The second kappa shape index (κ2) is 4.94. The lowest BCUT2D eigenvalue weighted by molar-refractivity contribution is -0.123. The monoisotopic (exact) mass is 328 g/mol. The summed E-state index contributed by atoms with van der Waals surface area (Å²) in [7, 11) is 0. The summed E-state index contributed by atoms with van der Waals surface area (Å²) < 4.78 is 1.12. The van der Waals surface area contributed by atoms with E-state index in [0.717, 1.165) is 36.1 Å². The number of nitrogens with one attached hydrogen (secondary N) is 2. The minimum absolute atomic E-state index is 0.251. The van der Waals surface area contributed by atoms with Gasteiger partial charge in [0.2, 0.25) is 5.91 Å². The van der Waals surface area contributed by atoms with Gasteiger partial charge < -0.3 is 10.6 Å². The Kier molecular flexibility index (Phi) is 3.47. The average molecular weight is 329 g/mol. The van der Waals surface area contributed by atoms with Crippen molar-refractivity contribution >= 4 is 33.2 Å². The quantitative estimate of drug-likeness (QED) is 0.895. The fourth-order valence-corrected chi connectivity index (χ4v) is 4.36. The van der Waals surface area contributed by atoms with Crippen molar-refractivity contribution in [2.45, 2.75) is 25.8 Å². The van der Waals surface area contributed by atoms with E-state index in [1.165, 1.54) is 4.88 Å². The van der Waals surface area contributed by atoms with Gasteiger partial charge in [0, 0.05) is 10.8 Å². The third kappa shape index (κ3) is 2.49. The molecule has 1 aliphatic carbocycles. The maximum atomic E-state index is 12.1. The van der Waals surface area contributed by atoms with Gasteiger partial charge in [-0.25, -0.2) is 0 Å². The third-order valence-electron chi connectivity index (χ3n) is 4.17. The van der Waals surface area contributed by atoms with Crippen molar-refractivity contribution in [1.82, 2.24) is 10.6 Å². The molecule has 18 heavy (non-hydrogen) atoms. The lowest BCUT2D eigenvalue weighted by Gasteiger charge is -2.23. The van der Waals surface area contributed by atoms with Gasteiger partial charge in [0.25, 0.3) is 0 Å². The van der Waals surface area contributed by atoms with E-state index in [-0.39, 0.29) is 11.8 Å². The number of halogens is 1. The van der Waals surface area contributed by atoms with Crippen molar-refractivity contribution in [3.05, 3.63) is 20.8 Å². The molecule has 2 aliphatic rings. The molecule has 1 saturated heterocycles. The molecule has 2 N–H and O–H groups in total. The highest BCUT2D eigenvalue weighted by Gasteiger charge is 2.57. The van der Waals surface area contributed by atoms with Gasteiger partial charge in [-0.15, -0.1) is 11.3 Å². The average Bonchev–Trinajstić information content (AvgIpc) is 2.89. The Morgan fingerprint density at radius 2 is 2.28 bits per heavy atom.